The molecule has 3 nitrogen and oxygen atoms in total. The van der Waals surface area contributed by atoms with Crippen LogP contribution in [0.15, 0.2) is 30.3 Å². The maximum Gasteiger partial charge on any atom is 0.106 e. The van der Waals surface area contributed by atoms with Crippen LogP contribution in [0.2, 0.25) is 0 Å². The third kappa shape index (κ3) is 5.32. The van der Waals surface area contributed by atoms with E-state index in [9.17, 15) is 5.26 Å². The minimum Gasteiger partial charge on any atom is -0.306 e. The Hall–Kier alpha value is -1.37. The zero-order valence-electron chi connectivity index (χ0n) is 13.0. The fraction of sp³-hybridized carbons (Fsp3) is 0.588. The molecular formula is C17H27N3. The van der Waals surface area contributed by atoms with Crippen LogP contribution in [0.3, 0.4) is 0 Å². The van der Waals surface area contributed by atoms with Crippen LogP contribution in [0.25, 0.3) is 0 Å². The first-order valence-electron chi connectivity index (χ1n) is 7.48. The molecule has 1 aromatic rings. The van der Waals surface area contributed by atoms with Crippen molar-refractivity contribution in [2.24, 2.45) is 0 Å². The molecule has 0 saturated carbocycles. The highest BCUT2D eigenvalue weighted by Crippen LogP contribution is 2.16. The molecule has 0 aliphatic rings. The minimum atomic E-state index is -0.347. The van der Waals surface area contributed by atoms with Crippen molar-refractivity contribution in [1.82, 2.24) is 10.2 Å². The Bertz CT molecular complexity index is 404. The van der Waals surface area contributed by atoms with Gasteiger partial charge in [0.05, 0.1) is 6.07 Å². The average molecular weight is 273 g/mol. The van der Waals surface area contributed by atoms with E-state index in [0.717, 1.165) is 38.8 Å². The maximum absolute atomic E-state index is 9.27. The molecule has 0 amide bonds. The fourth-order valence-corrected chi connectivity index (χ4v) is 2.40. The van der Waals surface area contributed by atoms with Gasteiger partial charge in [-0.2, -0.15) is 5.26 Å². The predicted molar refractivity (Wildman–Crippen MR) is 84.6 cm³/mol. The quantitative estimate of drug-likeness (QED) is 0.752. The summed E-state index contributed by atoms with van der Waals surface area (Å²) < 4.78 is 0. The number of nitrogens with one attached hydrogen (secondary N) is 1. The Labute approximate surface area is 123 Å². The number of hydrogen-bond donors (Lipinski definition) is 1. The van der Waals surface area contributed by atoms with E-state index in [4.69, 9.17) is 0 Å². The van der Waals surface area contributed by atoms with Crippen molar-refractivity contribution in [3.63, 3.8) is 0 Å². The van der Waals surface area contributed by atoms with E-state index in [1.807, 2.05) is 7.05 Å². The standard InChI is InChI=1S/C17H27N3/c1-4-17(15-18,19-2)12-8-13-20(3)14-11-16-9-6-5-7-10-16/h5-7,9-10,19H,4,8,11-14H2,1-3H3. The van der Waals surface area contributed by atoms with Crippen molar-refractivity contribution >= 4 is 0 Å². The monoisotopic (exact) mass is 273 g/mol. The van der Waals surface area contributed by atoms with Gasteiger partial charge in [0.15, 0.2) is 0 Å². The summed E-state index contributed by atoms with van der Waals surface area (Å²) in [6.07, 6.45) is 3.90. The van der Waals surface area contributed by atoms with Crippen LogP contribution in [0, 0.1) is 11.3 Å². The van der Waals surface area contributed by atoms with Gasteiger partial charge < -0.3 is 10.2 Å². The molecule has 3 heteroatoms. The van der Waals surface area contributed by atoms with Crippen molar-refractivity contribution in [1.29, 1.82) is 5.26 Å². The molecule has 1 N–H and O–H groups in total. The van der Waals surface area contributed by atoms with Crippen LogP contribution in [0.4, 0.5) is 0 Å². The summed E-state index contributed by atoms with van der Waals surface area (Å²) in [6, 6.07) is 13.0. The van der Waals surface area contributed by atoms with Gasteiger partial charge in [0.1, 0.15) is 5.54 Å². The molecule has 0 aliphatic carbocycles. The number of nitrogens with zero attached hydrogens (tertiary/aromatic N) is 2. The summed E-state index contributed by atoms with van der Waals surface area (Å²) in [5.74, 6) is 0. The molecule has 0 bridgehead atoms. The lowest BCUT2D eigenvalue weighted by molar-refractivity contribution is 0.303. The Balaban J connectivity index is 2.27. The SMILES string of the molecule is CCC(C#N)(CCCN(C)CCc1ccccc1)NC. The molecule has 1 atom stereocenters. The van der Waals surface area contributed by atoms with Gasteiger partial charge in [0, 0.05) is 6.54 Å². The van der Waals surface area contributed by atoms with Crippen molar-refractivity contribution in [2.75, 3.05) is 27.2 Å². The normalized spacial score (nSPS) is 13.9. The van der Waals surface area contributed by atoms with Gasteiger partial charge in [-0.15, -0.1) is 0 Å². The maximum atomic E-state index is 9.27. The van der Waals surface area contributed by atoms with Crippen LogP contribution in [-0.2, 0) is 6.42 Å². The number of rotatable bonds is 9. The summed E-state index contributed by atoms with van der Waals surface area (Å²) in [7, 11) is 4.04. The summed E-state index contributed by atoms with van der Waals surface area (Å²) in [6.45, 7) is 4.17. The van der Waals surface area contributed by atoms with E-state index in [2.05, 4.69) is 60.6 Å². The topological polar surface area (TPSA) is 39.1 Å². The lowest BCUT2D eigenvalue weighted by atomic mass is 9.92. The Morgan fingerprint density at radius 1 is 1.25 bits per heavy atom. The molecule has 1 unspecified atom stereocenters. The summed E-state index contributed by atoms with van der Waals surface area (Å²) in [5.41, 5.74) is 1.04. The van der Waals surface area contributed by atoms with E-state index in [1.54, 1.807) is 0 Å². The van der Waals surface area contributed by atoms with Crippen LogP contribution >= 0.6 is 0 Å². The highest BCUT2D eigenvalue weighted by Gasteiger charge is 2.24. The van der Waals surface area contributed by atoms with E-state index >= 15 is 0 Å². The van der Waals surface area contributed by atoms with Crippen molar-refractivity contribution in [3.05, 3.63) is 35.9 Å². The summed E-state index contributed by atoms with van der Waals surface area (Å²) in [5, 5.41) is 12.4. The predicted octanol–water partition coefficient (Wildman–Crippen LogP) is 2.83. The van der Waals surface area contributed by atoms with Gasteiger partial charge in [-0.3, -0.25) is 0 Å². The van der Waals surface area contributed by atoms with Crippen LogP contribution in [-0.4, -0.2) is 37.6 Å². The van der Waals surface area contributed by atoms with Crippen molar-refractivity contribution < 1.29 is 0 Å². The number of nitriles is 1. The molecule has 110 valence electrons. The molecule has 1 aromatic carbocycles. The van der Waals surface area contributed by atoms with Gasteiger partial charge in [0.25, 0.3) is 0 Å². The van der Waals surface area contributed by atoms with Crippen LogP contribution in [0.1, 0.15) is 31.7 Å². The van der Waals surface area contributed by atoms with Gasteiger partial charge in [-0.05, 0) is 51.9 Å². The number of benzene rings is 1. The molecule has 1 rings (SSSR count). The second-order valence-electron chi connectivity index (χ2n) is 5.44. The molecule has 0 spiro atoms. The molecule has 0 aromatic heterocycles. The smallest absolute Gasteiger partial charge is 0.106 e. The van der Waals surface area contributed by atoms with E-state index in [1.165, 1.54) is 5.56 Å². The molecule has 0 heterocycles. The van der Waals surface area contributed by atoms with Crippen molar-refractivity contribution in [2.45, 2.75) is 38.1 Å². The van der Waals surface area contributed by atoms with Gasteiger partial charge in [-0.1, -0.05) is 37.3 Å². The van der Waals surface area contributed by atoms with Crippen LogP contribution < -0.4 is 5.32 Å². The largest absolute Gasteiger partial charge is 0.306 e. The van der Waals surface area contributed by atoms with Gasteiger partial charge in [-0.25, -0.2) is 0 Å². The fourth-order valence-electron chi connectivity index (χ4n) is 2.40. The summed E-state index contributed by atoms with van der Waals surface area (Å²) in [4.78, 5) is 2.35. The molecule has 0 fully saturated rings. The van der Waals surface area contributed by atoms with Gasteiger partial charge >= 0.3 is 0 Å². The highest BCUT2D eigenvalue weighted by molar-refractivity contribution is 5.14. The Kier molecular flexibility index (Phi) is 7.28. The first-order chi connectivity index (χ1) is 9.65. The first-order valence-corrected chi connectivity index (χ1v) is 7.48. The lowest BCUT2D eigenvalue weighted by Crippen LogP contribution is -2.41. The highest BCUT2D eigenvalue weighted by atomic mass is 15.1. The lowest BCUT2D eigenvalue weighted by Gasteiger charge is -2.25. The van der Waals surface area contributed by atoms with E-state index in [-0.39, 0.29) is 5.54 Å². The number of likely N-dealkylation sites (N-methyl/N-ethyl adjacent to an activating group) is 1. The molecule has 20 heavy (non-hydrogen) atoms. The molecule has 0 aliphatic heterocycles. The van der Waals surface area contributed by atoms with Crippen molar-refractivity contribution in [3.8, 4) is 6.07 Å². The van der Waals surface area contributed by atoms with E-state index in [0.29, 0.717) is 0 Å². The van der Waals surface area contributed by atoms with E-state index < -0.39 is 0 Å². The van der Waals surface area contributed by atoms with Gasteiger partial charge in [0.2, 0.25) is 0 Å². The zero-order valence-corrected chi connectivity index (χ0v) is 13.0. The Morgan fingerprint density at radius 3 is 2.50 bits per heavy atom. The minimum absolute atomic E-state index is 0.347. The molecule has 0 saturated heterocycles. The first kappa shape index (κ1) is 16.7. The summed E-state index contributed by atoms with van der Waals surface area (Å²) >= 11 is 0. The zero-order chi connectivity index (χ0) is 14.8. The second kappa shape index (κ2) is 8.73. The molecular weight excluding hydrogens is 246 g/mol. The number of hydrogen-bond acceptors (Lipinski definition) is 3. The second-order valence-corrected chi connectivity index (χ2v) is 5.44. The molecule has 0 radical (unpaired) electrons. The third-order valence-corrected chi connectivity index (χ3v) is 4.06. The van der Waals surface area contributed by atoms with Crippen LogP contribution in [0.5, 0.6) is 0 Å². The average Bonchev–Trinajstić information content (AvgIpc) is 2.51. The third-order valence-electron chi connectivity index (χ3n) is 4.06. The Morgan fingerprint density at radius 2 is 1.95 bits per heavy atom.